The van der Waals surface area contributed by atoms with Gasteiger partial charge in [-0.25, -0.2) is 9.59 Å². The summed E-state index contributed by atoms with van der Waals surface area (Å²) in [5.41, 5.74) is -0.266. The zero-order chi connectivity index (χ0) is 27.5. The molecule has 0 aliphatic carbocycles. The first-order valence-electron chi connectivity index (χ1n) is 11.0. The van der Waals surface area contributed by atoms with E-state index in [1.54, 1.807) is 39.0 Å². The number of nitrogens with zero attached hydrogens (tertiary/aromatic N) is 2. The number of aromatic nitrogens is 1. The average molecular weight is 581 g/mol. The van der Waals surface area contributed by atoms with Gasteiger partial charge in [-0.1, -0.05) is 27.9 Å². The van der Waals surface area contributed by atoms with Crippen LogP contribution in [0.5, 0.6) is 5.75 Å². The lowest BCUT2D eigenvalue weighted by atomic mass is 10.1. The van der Waals surface area contributed by atoms with Crippen LogP contribution in [0.2, 0.25) is 0 Å². The predicted octanol–water partition coefficient (Wildman–Crippen LogP) is 6.47. The SMILES string of the molecule is COc1cc(C(=O)O)ccc1N(CC#Cc1cc2c(Br)cccc2n1CC(F)(F)F)C(=O)OC(C)(C)C. The Labute approximate surface area is 219 Å². The van der Waals surface area contributed by atoms with Crippen LogP contribution in [0.1, 0.15) is 36.8 Å². The van der Waals surface area contributed by atoms with E-state index < -0.39 is 30.4 Å². The Morgan fingerprint density at radius 3 is 2.43 bits per heavy atom. The Kier molecular flexibility index (Phi) is 8.12. The van der Waals surface area contributed by atoms with Crippen molar-refractivity contribution in [3.63, 3.8) is 0 Å². The van der Waals surface area contributed by atoms with Gasteiger partial charge in [-0.2, -0.15) is 13.2 Å². The van der Waals surface area contributed by atoms with E-state index in [0.717, 1.165) is 9.47 Å². The molecule has 0 bridgehead atoms. The van der Waals surface area contributed by atoms with Crippen LogP contribution in [0.15, 0.2) is 46.9 Å². The number of carbonyl (C=O) groups is 2. The van der Waals surface area contributed by atoms with Gasteiger partial charge in [0.2, 0.25) is 0 Å². The normalized spacial score (nSPS) is 11.6. The number of alkyl halides is 3. The number of ether oxygens (including phenoxy) is 2. The predicted molar refractivity (Wildman–Crippen MR) is 136 cm³/mol. The van der Waals surface area contributed by atoms with Gasteiger partial charge in [0.15, 0.2) is 0 Å². The molecule has 0 atom stereocenters. The summed E-state index contributed by atoms with van der Waals surface area (Å²) in [5.74, 6) is 4.41. The van der Waals surface area contributed by atoms with Crippen LogP contribution >= 0.6 is 15.9 Å². The molecule has 1 N–H and O–H groups in total. The summed E-state index contributed by atoms with van der Waals surface area (Å²) < 4.78 is 52.4. The maximum absolute atomic E-state index is 13.3. The van der Waals surface area contributed by atoms with Crippen molar-refractivity contribution in [2.45, 2.75) is 39.1 Å². The number of hydrogen-bond donors (Lipinski definition) is 1. The first-order chi connectivity index (χ1) is 17.2. The Hall–Kier alpha value is -3.65. The van der Waals surface area contributed by atoms with Gasteiger partial charge in [-0.3, -0.25) is 4.90 Å². The molecule has 0 unspecified atom stereocenters. The Morgan fingerprint density at radius 2 is 1.84 bits per heavy atom. The number of amides is 1. The van der Waals surface area contributed by atoms with Gasteiger partial charge >= 0.3 is 18.2 Å². The minimum absolute atomic E-state index is 0.0573. The summed E-state index contributed by atoms with van der Waals surface area (Å²) in [7, 11) is 1.32. The number of carboxylic acids is 1. The summed E-state index contributed by atoms with van der Waals surface area (Å²) in [6, 6.07) is 10.4. The number of rotatable bonds is 5. The smallest absolute Gasteiger partial charge is 0.415 e. The molecule has 196 valence electrons. The molecule has 37 heavy (non-hydrogen) atoms. The Morgan fingerprint density at radius 1 is 1.14 bits per heavy atom. The topological polar surface area (TPSA) is 81.0 Å². The second kappa shape index (κ2) is 10.8. The van der Waals surface area contributed by atoms with E-state index >= 15 is 0 Å². The second-order valence-electron chi connectivity index (χ2n) is 8.96. The highest BCUT2D eigenvalue weighted by atomic mass is 79.9. The molecular formula is C26H24BrF3N2O5. The van der Waals surface area contributed by atoms with Crippen molar-refractivity contribution < 1.29 is 37.3 Å². The van der Waals surface area contributed by atoms with Gasteiger partial charge in [-0.05, 0) is 63.1 Å². The van der Waals surface area contributed by atoms with Crippen molar-refractivity contribution in [1.82, 2.24) is 4.57 Å². The lowest BCUT2D eigenvalue weighted by Crippen LogP contribution is -2.37. The molecule has 0 aliphatic heterocycles. The van der Waals surface area contributed by atoms with Gasteiger partial charge in [0.1, 0.15) is 17.9 Å². The van der Waals surface area contributed by atoms with Gasteiger partial charge in [0, 0.05) is 9.86 Å². The third-order valence-electron chi connectivity index (χ3n) is 5.01. The zero-order valence-electron chi connectivity index (χ0n) is 20.4. The molecule has 0 aliphatic rings. The highest BCUT2D eigenvalue weighted by Gasteiger charge is 2.30. The molecule has 1 aromatic heterocycles. The lowest BCUT2D eigenvalue weighted by Gasteiger charge is -2.27. The number of hydrogen-bond acceptors (Lipinski definition) is 4. The fourth-order valence-electron chi connectivity index (χ4n) is 3.51. The number of halogens is 4. The summed E-state index contributed by atoms with van der Waals surface area (Å²) in [6.45, 7) is 3.51. The summed E-state index contributed by atoms with van der Waals surface area (Å²) >= 11 is 3.36. The third-order valence-corrected chi connectivity index (χ3v) is 5.71. The molecule has 0 saturated heterocycles. The van der Waals surface area contributed by atoms with E-state index in [0.29, 0.717) is 15.4 Å². The van der Waals surface area contributed by atoms with E-state index in [9.17, 15) is 27.9 Å². The van der Waals surface area contributed by atoms with Crippen LogP contribution in [0.25, 0.3) is 10.9 Å². The highest BCUT2D eigenvalue weighted by molar-refractivity contribution is 9.10. The quantitative estimate of drug-likeness (QED) is 0.350. The lowest BCUT2D eigenvalue weighted by molar-refractivity contribution is -0.140. The summed E-state index contributed by atoms with van der Waals surface area (Å²) in [4.78, 5) is 25.5. The number of aromatic carboxylic acids is 1. The maximum atomic E-state index is 13.3. The zero-order valence-corrected chi connectivity index (χ0v) is 22.0. The minimum atomic E-state index is -4.48. The van der Waals surface area contributed by atoms with Crippen LogP contribution in [-0.2, 0) is 11.3 Å². The summed E-state index contributed by atoms with van der Waals surface area (Å²) in [6.07, 6.45) is -5.27. The number of anilines is 1. The van der Waals surface area contributed by atoms with Crippen molar-refractivity contribution >= 4 is 44.6 Å². The van der Waals surface area contributed by atoms with Crippen molar-refractivity contribution in [3.8, 4) is 17.6 Å². The second-order valence-corrected chi connectivity index (χ2v) is 9.82. The van der Waals surface area contributed by atoms with Crippen LogP contribution in [0.3, 0.4) is 0 Å². The van der Waals surface area contributed by atoms with Gasteiger partial charge in [-0.15, -0.1) is 0 Å². The number of carboxylic acid groups (broad SMARTS) is 1. The van der Waals surface area contributed by atoms with Gasteiger partial charge < -0.3 is 19.1 Å². The van der Waals surface area contributed by atoms with Crippen molar-refractivity contribution in [1.29, 1.82) is 0 Å². The van der Waals surface area contributed by atoms with E-state index in [1.165, 1.54) is 31.4 Å². The molecule has 0 saturated carbocycles. The molecule has 7 nitrogen and oxygen atoms in total. The minimum Gasteiger partial charge on any atom is -0.495 e. The largest absolute Gasteiger partial charge is 0.495 e. The van der Waals surface area contributed by atoms with Crippen LogP contribution in [0.4, 0.5) is 23.7 Å². The maximum Gasteiger partial charge on any atom is 0.415 e. The molecule has 0 spiro atoms. The molecule has 1 amide bonds. The van der Waals surface area contributed by atoms with Crippen molar-refractivity contribution in [3.05, 3.63) is 58.2 Å². The number of carbonyl (C=O) groups excluding carboxylic acids is 1. The van der Waals surface area contributed by atoms with E-state index in [-0.39, 0.29) is 29.2 Å². The van der Waals surface area contributed by atoms with Crippen molar-refractivity contribution in [2.75, 3.05) is 18.6 Å². The molecule has 0 radical (unpaired) electrons. The standard InChI is InChI=1S/C26H24BrF3N2O5/c1-25(2,3)37-24(35)31(21-11-10-16(23(33)34)13-22(21)36-4)12-6-7-17-14-18-19(27)8-5-9-20(18)32(17)15-26(28,29)30/h5,8-11,13-14H,12,15H2,1-4H3,(H,33,34). The molecule has 3 rings (SSSR count). The van der Waals surface area contributed by atoms with Crippen LogP contribution in [0, 0.1) is 11.8 Å². The first-order valence-corrected chi connectivity index (χ1v) is 11.7. The van der Waals surface area contributed by atoms with Gasteiger partial charge in [0.05, 0.1) is 36.1 Å². The molecule has 3 aromatic rings. The summed E-state index contributed by atoms with van der Waals surface area (Å²) in [5, 5.41) is 9.84. The van der Waals surface area contributed by atoms with Gasteiger partial charge in [0.25, 0.3) is 0 Å². The first kappa shape index (κ1) is 27.9. The highest BCUT2D eigenvalue weighted by Crippen LogP contribution is 2.32. The Bertz CT molecular complexity index is 1400. The number of fused-ring (bicyclic) bond motifs is 1. The van der Waals surface area contributed by atoms with E-state index in [4.69, 9.17) is 9.47 Å². The molecule has 11 heteroatoms. The fourth-order valence-corrected chi connectivity index (χ4v) is 3.98. The van der Waals surface area contributed by atoms with Crippen molar-refractivity contribution in [2.24, 2.45) is 0 Å². The van der Waals surface area contributed by atoms with E-state index in [1.807, 2.05) is 0 Å². The van der Waals surface area contributed by atoms with Crippen LogP contribution in [-0.4, -0.2) is 47.2 Å². The molecule has 2 aromatic carbocycles. The third kappa shape index (κ3) is 6.98. The van der Waals surface area contributed by atoms with Crippen LogP contribution < -0.4 is 9.64 Å². The molecule has 1 heterocycles. The average Bonchev–Trinajstić information content (AvgIpc) is 3.12. The van der Waals surface area contributed by atoms with E-state index in [2.05, 4.69) is 27.8 Å². The molecule has 0 fully saturated rings. The Balaban J connectivity index is 2.06. The fraction of sp³-hybridized carbons (Fsp3) is 0.308. The number of benzene rings is 2. The molecular weight excluding hydrogens is 557 g/mol. The monoisotopic (exact) mass is 580 g/mol. The number of methoxy groups -OCH3 is 1.